The maximum atomic E-state index is 13.7. The zero-order valence-corrected chi connectivity index (χ0v) is 16.7. The van der Waals surface area contributed by atoms with Crippen molar-refractivity contribution >= 4 is 15.8 Å². The maximum absolute atomic E-state index is 13.7. The molecule has 2 atom stereocenters. The van der Waals surface area contributed by atoms with Gasteiger partial charge in [0.2, 0.25) is 10.0 Å². The Balaban J connectivity index is 1.91. The van der Waals surface area contributed by atoms with Crippen molar-refractivity contribution < 1.29 is 13.2 Å². The first-order valence-electron chi connectivity index (χ1n) is 9.45. The second-order valence-corrected chi connectivity index (χ2v) is 9.51. The molecule has 2 aromatic rings. The molecule has 2 bridgehead atoms. The van der Waals surface area contributed by atoms with E-state index in [1.165, 1.54) is 0 Å². The molecule has 144 valence electrons. The number of aryl methyl sites for hydroxylation is 1. The number of Topliss-reactive ketones (excluding diaryl/α,β-unsaturated/α-hetero) is 1. The van der Waals surface area contributed by atoms with E-state index in [-0.39, 0.29) is 23.1 Å². The van der Waals surface area contributed by atoms with Gasteiger partial charge in [-0.1, -0.05) is 54.6 Å². The molecule has 4 nitrogen and oxygen atoms in total. The molecule has 0 aromatic heterocycles. The smallest absolute Gasteiger partial charge is 0.244 e. The fourth-order valence-corrected chi connectivity index (χ4v) is 6.28. The van der Waals surface area contributed by atoms with Crippen molar-refractivity contribution in [2.75, 3.05) is 6.54 Å². The number of fused-ring (bicyclic) bond motifs is 2. The first-order chi connectivity index (χ1) is 13.4. The van der Waals surface area contributed by atoms with Gasteiger partial charge in [-0.15, -0.1) is 5.73 Å². The van der Waals surface area contributed by atoms with E-state index < -0.39 is 15.6 Å². The van der Waals surface area contributed by atoms with Gasteiger partial charge >= 0.3 is 0 Å². The van der Waals surface area contributed by atoms with Gasteiger partial charge in [-0.2, -0.15) is 4.31 Å². The third-order valence-corrected chi connectivity index (χ3v) is 8.00. The van der Waals surface area contributed by atoms with Gasteiger partial charge in [0.25, 0.3) is 0 Å². The lowest BCUT2D eigenvalue weighted by Crippen LogP contribution is -2.58. The summed E-state index contributed by atoms with van der Waals surface area (Å²) in [5, 5.41) is 0. The molecular formula is C23H23NO3S. The van der Waals surface area contributed by atoms with Crippen LogP contribution in [0.4, 0.5) is 0 Å². The van der Waals surface area contributed by atoms with Crippen LogP contribution >= 0.6 is 0 Å². The van der Waals surface area contributed by atoms with E-state index in [0.717, 1.165) is 11.1 Å². The van der Waals surface area contributed by atoms with Crippen LogP contribution in [0.5, 0.6) is 0 Å². The quantitative estimate of drug-likeness (QED) is 0.742. The highest BCUT2D eigenvalue weighted by molar-refractivity contribution is 7.89. The van der Waals surface area contributed by atoms with Crippen LogP contribution in [0.1, 0.15) is 30.4 Å². The molecule has 28 heavy (non-hydrogen) atoms. The van der Waals surface area contributed by atoms with Crippen LogP contribution in [0.25, 0.3) is 0 Å². The number of sulfonamides is 1. The van der Waals surface area contributed by atoms with Crippen LogP contribution in [0.3, 0.4) is 0 Å². The first kappa shape index (κ1) is 18.9. The molecule has 0 N–H and O–H groups in total. The molecule has 0 unspecified atom stereocenters. The Kier molecular flexibility index (Phi) is 4.62. The summed E-state index contributed by atoms with van der Waals surface area (Å²) >= 11 is 0. The van der Waals surface area contributed by atoms with Crippen molar-refractivity contribution in [2.45, 2.75) is 36.6 Å². The average molecular weight is 394 g/mol. The number of benzene rings is 2. The van der Waals surface area contributed by atoms with Gasteiger partial charge in [-0.25, -0.2) is 8.42 Å². The van der Waals surface area contributed by atoms with Crippen molar-refractivity contribution in [2.24, 2.45) is 5.92 Å². The summed E-state index contributed by atoms with van der Waals surface area (Å²) in [6.07, 6.45) is 1.28. The third kappa shape index (κ3) is 2.87. The minimum absolute atomic E-state index is 0.144. The first-order valence-corrected chi connectivity index (χ1v) is 10.9. The Bertz CT molecular complexity index is 1070. The molecule has 4 rings (SSSR count). The van der Waals surface area contributed by atoms with Gasteiger partial charge in [0.15, 0.2) is 0 Å². The van der Waals surface area contributed by atoms with E-state index >= 15 is 0 Å². The Hall–Kier alpha value is -2.46. The monoisotopic (exact) mass is 393 g/mol. The summed E-state index contributed by atoms with van der Waals surface area (Å²) in [5.41, 5.74) is 4.74. The summed E-state index contributed by atoms with van der Waals surface area (Å²) in [5.74, 6) is -0.152. The van der Waals surface area contributed by atoms with Crippen LogP contribution in [0.15, 0.2) is 77.4 Å². The second-order valence-electron chi connectivity index (χ2n) is 7.65. The molecule has 5 heteroatoms. The summed E-state index contributed by atoms with van der Waals surface area (Å²) in [4.78, 5) is 12.8. The molecule has 0 radical (unpaired) electrons. The van der Waals surface area contributed by atoms with Crippen LogP contribution < -0.4 is 0 Å². The van der Waals surface area contributed by atoms with Gasteiger partial charge in [-0.3, -0.25) is 4.79 Å². The van der Waals surface area contributed by atoms with E-state index in [1.807, 2.05) is 49.4 Å². The van der Waals surface area contributed by atoms with Crippen LogP contribution in [0, 0.1) is 12.8 Å². The number of ketones is 1. The van der Waals surface area contributed by atoms with Crippen molar-refractivity contribution in [1.82, 2.24) is 4.31 Å². The van der Waals surface area contributed by atoms with Gasteiger partial charge in [0.1, 0.15) is 5.78 Å². The summed E-state index contributed by atoms with van der Waals surface area (Å²) in [6, 6.07) is 16.6. The van der Waals surface area contributed by atoms with Gasteiger partial charge in [0, 0.05) is 18.9 Å². The predicted octanol–water partition coefficient (Wildman–Crippen LogP) is 3.98. The van der Waals surface area contributed by atoms with Crippen molar-refractivity contribution in [3.05, 3.63) is 83.6 Å². The summed E-state index contributed by atoms with van der Waals surface area (Å²) < 4.78 is 29.0. The molecule has 1 heterocycles. The number of hydrogen-bond donors (Lipinski definition) is 0. The number of carbonyl (C=O) groups is 1. The molecule has 2 aromatic carbocycles. The number of piperidine rings is 1. The van der Waals surface area contributed by atoms with E-state index in [9.17, 15) is 13.2 Å². The number of nitrogens with zero attached hydrogens (tertiary/aromatic N) is 1. The van der Waals surface area contributed by atoms with Crippen LogP contribution in [-0.4, -0.2) is 25.1 Å². The lowest BCUT2D eigenvalue weighted by atomic mass is 9.66. The molecule has 2 aliphatic rings. The van der Waals surface area contributed by atoms with Crippen molar-refractivity contribution in [3.8, 4) is 0 Å². The highest BCUT2D eigenvalue weighted by atomic mass is 32.2. The molecular weight excluding hydrogens is 370 g/mol. The Morgan fingerprint density at radius 3 is 2.43 bits per heavy atom. The fraction of sp³-hybridized carbons (Fsp3) is 0.304. The van der Waals surface area contributed by atoms with Gasteiger partial charge < -0.3 is 0 Å². The number of rotatable bonds is 3. The van der Waals surface area contributed by atoms with E-state index in [0.29, 0.717) is 24.8 Å². The van der Waals surface area contributed by atoms with Gasteiger partial charge in [-0.05, 0) is 43.0 Å². The van der Waals surface area contributed by atoms with Crippen molar-refractivity contribution in [3.63, 3.8) is 0 Å². The highest BCUT2D eigenvalue weighted by Crippen LogP contribution is 2.51. The van der Waals surface area contributed by atoms with E-state index in [1.54, 1.807) is 16.4 Å². The molecule has 1 saturated carbocycles. The normalized spacial score (nSPS) is 25.4. The lowest BCUT2D eigenvalue weighted by Gasteiger charge is -2.52. The third-order valence-electron chi connectivity index (χ3n) is 6.07. The van der Waals surface area contributed by atoms with E-state index in [2.05, 4.69) is 12.3 Å². The summed E-state index contributed by atoms with van der Waals surface area (Å²) in [6.45, 7) is 5.80. The predicted molar refractivity (Wildman–Crippen MR) is 108 cm³/mol. The molecule has 1 aliphatic carbocycles. The van der Waals surface area contributed by atoms with Crippen LogP contribution in [-0.2, 0) is 20.4 Å². The van der Waals surface area contributed by atoms with Gasteiger partial charge in [0.05, 0.1) is 10.4 Å². The number of carbonyl (C=O) groups excluding carboxylic acids is 1. The maximum Gasteiger partial charge on any atom is 0.244 e. The topological polar surface area (TPSA) is 54.5 Å². The zero-order valence-electron chi connectivity index (χ0n) is 15.9. The SMILES string of the molecule is C=C=C1CN(S(=O)(=O)c2ccc(C)cc2)[C@]2(c3ccccc3)CCC(=O)[C@H]1C2. The Morgan fingerprint density at radius 2 is 1.79 bits per heavy atom. The highest BCUT2D eigenvalue weighted by Gasteiger charge is 2.54. The Morgan fingerprint density at radius 1 is 1.11 bits per heavy atom. The molecule has 0 spiro atoms. The molecule has 0 amide bonds. The number of hydrogen-bond acceptors (Lipinski definition) is 3. The molecule has 1 saturated heterocycles. The zero-order chi connectivity index (χ0) is 19.9. The van der Waals surface area contributed by atoms with E-state index in [4.69, 9.17) is 0 Å². The molecule has 1 aliphatic heterocycles. The minimum atomic E-state index is -3.76. The average Bonchev–Trinajstić information content (AvgIpc) is 2.71. The second kappa shape index (κ2) is 6.85. The lowest BCUT2D eigenvalue weighted by molar-refractivity contribution is -0.127. The molecule has 2 fully saturated rings. The summed E-state index contributed by atoms with van der Waals surface area (Å²) in [7, 11) is -3.76. The largest absolute Gasteiger partial charge is 0.299 e. The fourth-order valence-electron chi connectivity index (χ4n) is 4.50. The Labute approximate surface area is 166 Å². The minimum Gasteiger partial charge on any atom is -0.299 e. The standard InChI is InChI=1S/C23H23NO3S/c1-3-18-16-24(28(26,27)20-11-9-17(2)10-12-20)23(19-7-5-4-6-8-19)14-13-22(25)21(18)15-23/h4-12,21H,1,13-16H2,2H3/t21-,23+/m0/s1. The van der Waals surface area contributed by atoms with Crippen molar-refractivity contribution in [1.29, 1.82) is 0 Å². The van der Waals surface area contributed by atoms with Crippen LogP contribution in [0.2, 0.25) is 0 Å².